The van der Waals surface area contributed by atoms with Crippen LogP contribution in [0.25, 0.3) is 0 Å². The van der Waals surface area contributed by atoms with Crippen LogP contribution in [-0.2, 0) is 5.60 Å². The van der Waals surface area contributed by atoms with Gasteiger partial charge in [0.2, 0.25) is 0 Å². The molecule has 0 radical (unpaired) electrons. The zero-order valence-electron chi connectivity index (χ0n) is 10.5. The molecule has 0 amide bonds. The Labute approximate surface area is 97.2 Å². The van der Waals surface area contributed by atoms with Gasteiger partial charge in [0.1, 0.15) is 11.4 Å². The molecule has 0 spiro atoms. The van der Waals surface area contributed by atoms with Crippen molar-refractivity contribution in [2.45, 2.75) is 32.8 Å². The average Bonchev–Trinajstić information content (AvgIpc) is 2.30. The van der Waals surface area contributed by atoms with Crippen molar-refractivity contribution in [3.8, 4) is 5.75 Å². The average molecular weight is 223 g/mol. The quantitative estimate of drug-likeness (QED) is 0.819. The van der Waals surface area contributed by atoms with Crippen molar-refractivity contribution in [3.63, 3.8) is 0 Å². The first kappa shape index (κ1) is 13.0. The van der Waals surface area contributed by atoms with E-state index in [1.165, 1.54) is 0 Å². The third-order valence-electron chi connectivity index (χ3n) is 3.17. The van der Waals surface area contributed by atoms with Gasteiger partial charge in [0.25, 0.3) is 0 Å². The van der Waals surface area contributed by atoms with Crippen molar-refractivity contribution >= 4 is 0 Å². The summed E-state index contributed by atoms with van der Waals surface area (Å²) in [6.45, 7) is 6.10. The predicted octanol–water partition coefficient (Wildman–Crippen LogP) is 1.87. The minimum atomic E-state index is -0.929. The number of aryl methyl sites for hydroxylation is 2. The summed E-state index contributed by atoms with van der Waals surface area (Å²) >= 11 is 0. The van der Waals surface area contributed by atoms with Crippen LogP contribution in [0, 0.1) is 13.8 Å². The summed E-state index contributed by atoms with van der Waals surface area (Å²) in [4.78, 5) is 0. The van der Waals surface area contributed by atoms with Gasteiger partial charge in [-0.2, -0.15) is 0 Å². The van der Waals surface area contributed by atoms with E-state index in [4.69, 9.17) is 10.5 Å². The number of nitrogens with two attached hydrogens (primary N) is 1. The molecule has 0 heterocycles. The SMILES string of the molecule is CCC(O)(CN)c1cc(C)c(OC)cc1C. The molecule has 16 heavy (non-hydrogen) atoms. The summed E-state index contributed by atoms with van der Waals surface area (Å²) < 4.78 is 5.25. The fourth-order valence-electron chi connectivity index (χ4n) is 1.96. The molecule has 0 aliphatic rings. The van der Waals surface area contributed by atoms with Gasteiger partial charge in [-0.15, -0.1) is 0 Å². The summed E-state index contributed by atoms with van der Waals surface area (Å²) in [5.74, 6) is 0.844. The van der Waals surface area contributed by atoms with Gasteiger partial charge in [0, 0.05) is 6.54 Å². The molecule has 0 aromatic heterocycles. The molecule has 0 fully saturated rings. The van der Waals surface area contributed by atoms with Gasteiger partial charge in [-0.3, -0.25) is 0 Å². The van der Waals surface area contributed by atoms with Gasteiger partial charge in [0.15, 0.2) is 0 Å². The Balaban J connectivity index is 3.30. The topological polar surface area (TPSA) is 55.5 Å². The lowest BCUT2D eigenvalue weighted by molar-refractivity contribution is 0.0411. The first-order valence-corrected chi connectivity index (χ1v) is 5.56. The lowest BCUT2D eigenvalue weighted by atomic mass is 9.87. The molecule has 0 aliphatic heterocycles. The Bertz CT molecular complexity index is 370. The first-order valence-electron chi connectivity index (χ1n) is 5.56. The number of benzene rings is 1. The molecule has 1 aromatic rings. The van der Waals surface area contributed by atoms with Crippen LogP contribution < -0.4 is 10.5 Å². The smallest absolute Gasteiger partial charge is 0.122 e. The highest BCUT2D eigenvalue weighted by atomic mass is 16.5. The molecule has 1 atom stereocenters. The molecule has 1 rings (SSSR count). The van der Waals surface area contributed by atoms with Crippen LogP contribution in [0.15, 0.2) is 12.1 Å². The van der Waals surface area contributed by atoms with Gasteiger partial charge in [-0.25, -0.2) is 0 Å². The minimum Gasteiger partial charge on any atom is -0.496 e. The largest absolute Gasteiger partial charge is 0.496 e. The van der Waals surface area contributed by atoms with E-state index < -0.39 is 5.60 Å². The minimum absolute atomic E-state index is 0.232. The Morgan fingerprint density at radius 2 is 1.94 bits per heavy atom. The summed E-state index contributed by atoms with van der Waals surface area (Å²) in [6, 6.07) is 3.91. The van der Waals surface area contributed by atoms with Crippen LogP contribution in [0.3, 0.4) is 0 Å². The van der Waals surface area contributed by atoms with E-state index in [-0.39, 0.29) is 6.54 Å². The van der Waals surface area contributed by atoms with E-state index >= 15 is 0 Å². The lowest BCUT2D eigenvalue weighted by Gasteiger charge is -2.28. The Hall–Kier alpha value is -1.06. The number of hydrogen-bond donors (Lipinski definition) is 2. The second-order valence-electron chi connectivity index (χ2n) is 4.23. The van der Waals surface area contributed by atoms with Crippen LogP contribution >= 0.6 is 0 Å². The molecular weight excluding hydrogens is 202 g/mol. The van der Waals surface area contributed by atoms with Crippen LogP contribution in [0.4, 0.5) is 0 Å². The summed E-state index contributed by atoms with van der Waals surface area (Å²) in [6.07, 6.45) is 0.607. The van der Waals surface area contributed by atoms with E-state index in [0.717, 1.165) is 22.4 Å². The van der Waals surface area contributed by atoms with Crippen LogP contribution in [-0.4, -0.2) is 18.8 Å². The fraction of sp³-hybridized carbons (Fsp3) is 0.538. The number of ether oxygens (including phenoxy) is 1. The second-order valence-corrected chi connectivity index (χ2v) is 4.23. The highest BCUT2D eigenvalue weighted by Crippen LogP contribution is 2.31. The maximum Gasteiger partial charge on any atom is 0.122 e. The second kappa shape index (κ2) is 4.85. The third kappa shape index (κ3) is 2.20. The summed E-state index contributed by atoms with van der Waals surface area (Å²) in [7, 11) is 1.65. The highest BCUT2D eigenvalue weighted by molar-refractivity contribution is 5.44. The van der Waals surface area contributed by atoms with Gasteiger partial charge in [-0.05, 0) is 49.1 Å². The van der Waals surface area contributed by atoms with Gasteiger partial charge < -0.3 is 15.6 Å². The van der Waals surface area contributed by atoms with E-state index in [1.54, 1.807) is 7.11 Å². The number of aliphatic hydroxyl groups is 1. The van der Waals surface area contributed by atoms with E-state index in [0.29, 0.717) is 6.42 Å². The normalized spacial score (nSPS) is 14.6. The molecule has 0 saturated heterocycles. The molecule has 0 saturated carbocycles. The van der Waals surface area contributed by atoms with Crippen molar-refractivity contribution in [2.24, 2.45) is 5.73 Å². The molecule has 3 heteroatoms. The van der Waals surface area contributed by atoms with Crippen LogP contribution in [0.1, 0.15) is 30.0 Å². The highest BCUT2D eigenvalue weighted by Gasteiger charge is 2.27. The molecule has 1 aromatic carbocycles. The van der Waals surface area contributed by atoms with E-state index in [9.17, 15) is 5.11 Å². The molecule has 0 bridgehead atoms. The lowest BCUT2D eigenvalue weighted by Crippen LogP contribution is -2.35. The van der Waals surface area contributed by atoms with Crippen LogP contribution in [0.5, 0.6) is 5.75 Å². The molecule has 90 valence electrons. The van der Waals surface area contributed by atoms with E-state index in [2.05, 4.69) is 0 Å². The fourth-order valence-corrected chi connectivity index (χ4v) is 1.96. The number of methoxy groups -OCH3 is 1. The van der Waals surface area contributed by atoms with Crippen molar-refractivity contribution in [3.05, 3.63) is 28.8 Å². The summed E-state index contributed by atoms with van der Waals surface area (Å²) in [5.41, 5.74) is 7.66. The molecular formula is C13H21NO2. The number of hydrogen-bond acceptors (Lipinski definition) is 3. The van der Waals surface area contributed by atoms with Gasteiger partial charge >= 0.3 is 0 Å². The zero-order chi connectivity index (χ0) is 12.3. The molecule has 3 nitrogen and oxygen atoms in total. The van der Waals surface area contributed by atoms with Gasteiger partial charge in [-0.1, -0.05) is 6.92 Å². The monoisotopic (exact) mass is 223 g/mol. The van der Waals surface area contributed by atoms with Crippen molar-refractivity contribution in [1.82, 2.24) is 0 Å². The summed E-state index contributed by atoms with van der Waals surface area (Å²) in [5, 5.41) is 10.4. The Morgan fingerprint density at radius 1 is 1.31 bits per heavy atom. The standard InChI is InChI=1S/C13H21NO2/c1-5-13(15,8-14)11-6-10(3)12(16-4)7-9(11)2/h6-7,15H,5,8,14H2,1-4H3. The zero-order valence-corrected chi connectivity index (χ0v) is 10.5. The van der Waals surface area contributed by atoms with Crippen molar-refractivity contribution in [1.29, 1.82) is 0 Å². The molecule has 1 unspecified atom stereocenters. The predicted molar refractivity (Wildman–Crippen MR) is 65.7 cm³/mol. The Kier molecular flexibility index (Phi) is 3.94. The molecule has 0 aliphatic carbocycles. The first-order chi connectivity index (χ1) is 7.48. The van der Waals surface area contributed by atoms with Gasteiger partial charge in [0.05, 0.1) is 7.11 Å². The Morgan fingerprint density at radius 3 is 2.38 bits per heavy atom. The maximum absolute atomic E-state index is 10.4. The number of rotatable bonds is 4. The van der Waals surface area contributed by atoms with Crippen molar-refractivity contribution < 1.29 is 9.84 Å². The van der Waals surface area contributed by atoms with Crippen molar-refractivity contribution in [2.75, 3.05) is 13.7 Å². The van der Waals surface area contributed by atoms with Crippen LogP contribution in [0.2, 0.25) is 0 Å². The third-order valence-corrected chi connectivity index (χ3v) is 3.17. The molecule has 3 N–H and O–H groups in total. The maximum atomic E-state index is 10.4. The van der Waals surface area contributed by atoms with E-state index in [1.807, 2.05) is 32.9 Å².